The highest BCUT2D eigenvalue weighted by molar-refractivity contribution is 5.92. The Labute approximate surface area is 193 Å². The number of nitrogens with zero attached hydrogens (tertiary/aromatic N) is 5. The van der Waals surface area contributed by atoms with Crippen molar-refractivity contribution in [2.45, 2.75) is 13.5 Å². The van der Waals surface area contributed by atoms with Gasteiger partial charge in [-0.25, -0.2) is 13.9 Å². The standard InChI is InChI=1S/C23H23F2N7O2/c1-13-9-19-23(34)28-17-11-14(10-15(24)20(17)32(19)29-13)12-30-5-7-31(8-6-30)18-4-3-16(22(33)26-2)27-21(18)25/h3-4,9-11H,5-8,12H2,1-2H3,(H,26,33)(H,28,34). The third-order valence-electron chi connectivity index (χ3n) is 6.06. The van der Waals surface area contributed by atoms with Crippen LogP contribution < -0.4 is 15.8 Å². The number of piperazine rings is 1. The first-order valence-corrected chi connectivity index (χ1v) is 10.9. The number of nitrogens with one attached hydrogen (secondary N) is 2. The summed E-state index contributed by atoms with van der Waals surface area (Å²) in [6, 6.07) is 7.92. The van der Waals surface area contributed by atoms with Crippen LogP contribution in [0.4, 0.5) is 14.5 Å². The molecule has 0 aliphatic carbocycles. The predicted octanol–water partition coefficient (Wildman–Crippen LogP) is 1.84. The predicted molar refractivity (Wildman–Crippen MR) is 123 cm³/mol. The average Bonchev–Trinajstić information content (AvgIpc) is 3.20. The number of rotatable bonds is 4. The van der Waals surface area contributed by atoms with E-state index in [0.717, 1.165) is 5.56 Å². The van der Waals surface area contributed by atoms with Crippen molar-refractivity contribution in [1.82, 2.24) is 29.8 Å². The van der Waals surface area contributed by atoms with Gasteiger partial charge in [-0.05, 0) is 42.8 Å². The minimum Gasteiger partial charge on any atom is -0.365 e. The van der Waals surface area contributed by atoms with Gasteiger partial charge in [0.15, 0.2) is 5.82 Å². The van der Waals surface area contributed by atoms with E-state index in [1.807, 2.05) is 4.90 Å². The molecule has 0 spiro atoms. The van der Waals surface area contributed by atoms with E-state index in [1.54, 1.807) is 25.1 Å². The molecule has 9 nitrogen and oxygen atoms in total. The third kappa shape index (κ3) is 3.87. The summed E-state index contributed by atoms with van der Waals surface area (Å²) in [7, 11) is 1.47. The topological polar surface area (TPSA) is 98.6 Å². The number of hydrogen-bond donors (Lipinski definition) is 2. The second kappa shape index (κ2) is 8.49. The molecule has 0 unspecified atom stereocenters. The fourth-order valence-corrected chi connectivity index (χ4v) is 4.40. The molecule has 1 amide bonds. The van der Waals surface area contributed by atoms with E-state index in [1.165, 1.54) is 23.7 Å². The van der Waals surface area contributed by atoms with Crippen LogP contribution in [0, 0.1) is 18.7 Å². The highest BCUT2D eigenvalue weighted by Gasteiger charge is 2.22. The molecule has 5 rings (SSSR count). The lowest BCUT2D eigenvalue weighted by atomic mass is 10.1. The van der Waals surface area contributed by atoms with Crippen molar-refractivity contribution in [2.24, 2.45) is 0 Å². The fraction of sp³-hybridized carbons (Fsp3) is 0.304. The van der Waals surface area contributed by atoms with Gasteiger partial charge in [0.25, 0.3) is 11.5 Å². The number of benzene rings is 1. The zero-order chi connectivity index (χ0) is 24.0. The molecule has 0 bridgehead atoms. The Morgan fingerprint density at radius 3 is 2.62 bits per heavy atom. The summed E-state index contributed by atoms with van der Waals surface area (Å²) in [5.41, 5.74) is 2.34. The molecule has 0 radical (unpaired) electrons. The van der Waals surface area contributed by atoms with Crippen LogP contribution in [0.3, 0.4) is 0 Å². The van der Waals surface area contributed by atoms with Crippen molar-refractivity contribution < 1.29 is 13.6 Å². The first-order chi connectivity index (χ1) is 16.3. The van der Waals surface area contributed by atoms with E-state index in [2.05, 4.69) is 25.3 Å². The van der Waals surface area contributed by atoms with Gasteiger partial charge in [0.1, 0.15) is 16.7 Å². The van der Waals surface area contributed by atoms with Crippen molar-refractivity contribution in [2.75, 3.05) is 38.1 Å². The number of H-pyrrole nitrogens is 1. The second-order valence-corrected chi connectivity index (χ2v) is 8.36. The summed E-state index contributed by atoms with van der Waals surface area (Å²) in [5.74, 6) is -1.59. The molecule has 4 heterocycles. The highest BCUT2D eigenvalue weighted by atomic mass is 19.1. The van der Waals surface area contributed by atoms with Gasteiger partial charge >= 0.3 is 0 Å². The van der Waals surface area contributed by atoms with Crippen LogP contribution in [0.2, 0.25) is 0 Å². The highest BCUT2D eigenvalue weighted by Crippen LogP contribution is 2.23. The van der Waals surface area contributed by atoms with Crippen LogP contribution >= 0.6 is 0 Å². The smallest absolute Gasteiger partial charge is 0.274 e. The summed E-state index contributed by atoms with van der Waals surface area (Å²) in [6.07, 6.45) is 0. The average molecular weight is 467 g/mol. The maximum Gasteiger partial charge on any atom is 0.274 e. The zero-order valence-electron chi connectivity index (χ0n) is 18.7. The minimum absolute atomic E-state index is 0.0290. The van der Waals surface area contributed by atoms with E-state index in [-0.39, 0.29) is 16.8 Å². The fourth-order valence-electron chi connectivity index (χ4n) is 4.40. The Bertz CT molecular complexity index is 1470. The van der Waals surface area contributed by atoms with E-state index < -0.39 is 17.7 Å². The molecule has 1 aliphatic heterocycles. The van der Waals surface area contributed by atoms with Gasteiger partial charge in [-0.2, -0.15) is 9.49 Å². The number of carbonyl (C=O) groups is 1. The van der Waals surface area contributed by atoms with Gasteiger partial charge in [0.05, 0.1) is 16.9 Å². The molecule has 4 aromatic rings. The largest absolute Gasteiger partial charge is 0.365 e. The Balaban J connectivity index is 1.32. The van der Waals surface area contributed by atoms with Crippen LogP contribution in [0.25, 0.3) is 16.6 Å². The van der Waals surface area contributed by atoms with E-state index in [0.29, 0.717) is 55.1 Å². The van der Waals surface area contributed by atoms with Crippen molar-refractivity contribution in [1.29, 1.82) is 0 Å². The van der Waals surface area contributed by atoms with E-state index in [9.17, 15) is 14.0 Å². The van der Waals surface area contributed by atoms with Gasteiger partial charge in [-0.15, -0.1) is 0 Å². The van der Waals surface area contributed by atoms with Gasteiger partial charge in [0.2, 0.25) is 5.95 Å². The van der Waals surface area contributed by atoms with Crippen LogP contribution in [-0.2, 0) is 6.54 Å². The van der Waals surface area contributed by atoms with Crippen LogP contribution in [-0.4, -0.2) is 63.6 Å². The molecular formula is C23H23F2N7O2. The molecule has 1 aromatic carbocycles. The Morgan fingerprint density at radius 1 is 1.15 bits per heavy atom. The van der Waals surface area contributed by atoms with Crippen molar-refractivity contribution >= 4 is 28.1 Å². The normalized spacial score (nSPS) is 14.8. The quantitative estimate of drug-likeness (QED) is 0.445. The molecule has 176 valence electrons. The Hall–Kier alpha value is -3.86. The number of carbonyl (C=O) groups excluding carboxylic acids is 1. The summed E-state index contributed by atoms with van der Waals surface area (Å²) in [6.45, 7) is 4.60. The molecule has 0 atom stereocenters. The van der Waals surface area contributed by atoms with Crippen LogP contribution in [0.15, 0.2) is 35.1 Å². The second-order valence-electron chi connectivity index (χ2n) is 8.36. The maximum atomic E-state index is 15.0. The molecule has 1 saturated heterocycles. The molecule has 0 saturated carbocycles. The number of aryl methyl sites for hydroxylation is 1. The summed E-state index contributed by atoms with van der Waals surface area (Å²) < 4.78 is 30.9. The maximum absolute atomic E-state index is 15.0. The summed E-state index contributed by atoms with van der Waals surface area (Å²) >= 11 is 0. The Morgan fingerprint density at radius 2 is 1.91 bits per heavy atom. The monoisotopic (exact) mass is 467 g/mol. The van der Waals surface area contributed by atoms with Gasteiger partial charge in [-0.3, -0.25) is 14.5 Å². The third-order valence-corrected chi connectivity index (χ3v) is 6.06. The number of fused-ring (bicyclic) bond motifs is 3. The SMILES string of the molecule is CNC(=O)c1ccc(N2CCN(Cc3cc(F)c4c(c3)[nH]c(=O)c3cc(C)nn34)CC2)c(F)n1. The zero-order valence-corrected chi connectivity index (χ0v) is 18.7. The van der Waals surface area contributed by atoms with Crippen molar-refractivity contribution in [3.63, 3.8) is 0 Å². The van der Waals surface area contributed by atoms with Crippen molar-refractivity contribution in [3.05, 3.63) is 69.4 Å². The van der Waals surface area contributed by atoms with Crippen LogP contribution in [0.5, 0.6) is 0 Å². The van der Waals surface area contributed by atoms with Gasteiger partial charge in [0, 0.05) is 39.8 Å². The van der Waals surface area contributed by atoms with E-state index >= 15 is 4.39 Å². The Kier molecular flexibility index (Phi) is 5.48. The number of hydrogen-bond acceptors (Lipinski definition) is 6. The first-order valence-electron chi connectivity index (χ1n) is 10.9. The lowest BCUT2D eigenvalue weighted by Crippen LogP contribution is -2.46. The molecule has 1 aliphatic rings. The molecule has 3 aromatic heterocycles. The number of aromatic nitrogens is 4. The number of pyridine rings is 1. The number of aromatic amines is 1. The van der Waals surface area contributed by atoms with E-state index in [4.69, 9.17) is 0 Å². The molecular weight excluding hydrogens is 444 g/mol. The molecule has 34 heavy (non-hydrogen) atoms. The number of halogens is 2. The van der Waals surface area contributed by atoms with Crippen molar-refractivity contribution in [3.8, 4) is 0 Å². The first kappa shape index (κ1) is 22.0. The summed E-state index contributed by atoms with van der Waals surface area (Å²) in [5, 5.41) is 6.68. The number of anilines is 1. The summed E-state index contributed by atoms with van der Waals surface area (Å²) in [4.78, 5) is 34.6. The lowest BCUT2D eigenvalue weighted by molar-refractivity contribution is 0.0957. The molecule has 11 heteroatoms. The van der Waals surface area contributed by atoms with Gasteiger partial charge in [-0.1, -0.05) is 0 Å². The number of amides is 1. The molecule has 1 fully saturated rings. The molecule has 2 N–H and O–H groups in total. The van der Waals surface area contributed by atoms with Crippen LogP contribution in [0.1, 0.15) is 21.7 Å². The van der Waals surface area contributed by atoms with Gasteiger partial charge < -0.3 is 15.2 Å². The minimum atomic E-state index is -0.685. The lowest BCUT2D eigenvalue weighted by Gasteiger charge is -2.36.